The molecule has 1 aliphatic heterocycles. The third kappa shape index (κ3) is 6.20. The summed E-state index contributed by atoms with van der Waals surface area (Å²) in [6.07, 6.45) is -5.08. The molecule has 5 nitrogen and oxygen atoms in total. The van der Waals surface area contributed by atoms with E-state index in [0.29, 0.717) is 11.7 Å². The zero-order valence-corrected chi connectivity index (χ0v) is 10.8. The fourth-order valence-corrected chi connectivity index (χ4v) is 2.26. The first-order valence-electron chi connectivity index (χ1n) is 5.19. The van der Waals surface area contributed by atoms with Gasteiger partial charge >= 0.3 is 12.1 Å². The zero-order chi connectivity index (χ0) is 14.6. The lowest BCUT2D eigenvalue weighted by Gasteiger charge is -2.27. The van der Waals surface area contributed by atoms with Crippen LogP contribution in [0, 0.1) is 5.92 Å². The molecule has 0 aromatic carbocycles. The van der Waals surface area contributed by atoms with E-state index in [0.717, 1.165) is 13.1 Å². The Hall–Kier alpha value is -0.830. The monoisotopic (exact) mass is 291 g/mol. The van der Waals surface area contributed by atoms with E-state index in [2.05, 4.69) is 5.32 Å². The minimum atomic E-state index is -5.08. The summed E-state index contributed by atoms with van der Waals surface area (Å²) in [6, 6.07) is 0. The first-order valence-corrected chi connectivity index (χ1v) is 6.90. The van der Waals surface area contributed by atoms with Crippen molar-refractivity contribution in [3.8, 4) is 0 Å². The van der Waals surface area contributed by atoms with Crippen LogP contribution in [0.3, 0.4) is 0 Å². The van der Waals surface area contributed by atoms with Crippen LogP contribution in [-0.4, -0.2) is 49.8 Å². The smallest absolute Gasteiger partial charge is 0.475 e. The molecule has 1 saturated heterocycles. The van der Waals surface area contributed by atoms with Crippen LogP contribution in [0.15, 0.2) is 0 Å². The third-order valence-corrected chi connectivity index (χ3v) is 4.67. The van der Waals surface area contributed by atoms with Crippen molar-refractivity contribution in [1.82, 2.24) is 5.32 Å². The summed E-state index contributed by atoms with van der Waals surface area (Å²) < 4.78 is 54.3. The second kappa shape index (κ2) is 6.37. The zero-order valence-electron chi connectivity index (χ0n) is 9.99. The van der Waals surface area contributed by atoms with Crippen molar-refractivity contribution in [2.45, 2.75) is 25.3 Å². The molecule has 0 unspecified atom stereocenters. The highest BCUT2D eigenvalue weighted by molar-refractivity contribution is 7.91. The van der Waals surface area contributed by atoms with Crippen molar-refractivity contribution in [1.29, 1.82) is 0 Å². The van der Waals surface area contributed by atoms with Crippen LogP contribution in [0.1, 0.15) is 13.8 Å². The molecule has 2 N–H and O–H groups in total. The molecule has 0 aromatic rings. The molecule has 0 atom stereocenters. The Bertz CT molecular complexity index is 374. The molecular weight excluding hydrogens is 275 g/mol. The Morgan fingerprint density at radius 1 is 1.39 bits per heavy atom. The molecule has 0 spiro atoms. The van der Waals surface area contributed by atoms with E-state index >= 15 is 0 Å². The van der Waals surface area contributed by atoms with Gasteiger partial charge in [0, 0.05) is 13.1 Å². The molecule has 1 fully saturated rings. The van der Waals surface area contributed by atoms with Gasteiger partial charge in [-0.15, -0.1) is 0 Å². The average Bonchev–Trinajstić information content (AvgIpc) is 2.11. The highest BCUT2D eigenvalue weighted by atomic mass is 32.2. The quantitative estimate of drug-likeness (QED) is 0.798. The van der Waals surface area contributed by atoms with Crippen LogP contribution in [0.25, 0.3) is 0 Å². The van der Waals surface area contributed by atoms with Crippen molar-refractivity contribution < 1.29 is 31.5 Å². The second-order valence-electron chi connectivity index (χ2n) is 4.21. The SMILES string of the molecule is CC(C)S(=O)(=O)CC1CNC1.O=C(O)C(F)(F)F. The van der Waals surface area contributed by atoms with Crippen molar-refractivity contribution in [2.75, 3.05) is 18.8 Å². The number of carboxylic acids is 1. The highest BCUT2D eigenvalue weighted by Crippen LogP contribution is 2.13. The molecule has 0 bridgehead atoms. The second-order valence-corrected chi connectivity index (χ2v) is 6.81. The van der Waals surface area contributed by atoms with E-state index in [-0.39, 0.29) is 5.25 Å². The van der Waals surface area contributed by atoms with Gasteiger partial charge < -0.3 is 10.4 Å². The number of aliphatic carboxylic acids is 1. The maximum atomic E-state index is 11.3. The number of carbonyl (C=O) groups is 1. The summed E-state index contributed by atoms with van der Waals surface area (Å²) in [5.41, 5.74) is 0. The Kier molecular flexibility index (Phi) is 6.08. The lowest BCUT2D eigenvalue weighted by atomic mass is 10.1. The summed E-state index contributed by atoms with van der Waals surface area (Å²) in [7, 11) is -2.80. The minimum absolute atomic E-state index is 0.219. The Balaban J connectivity index is 0.000000360. The predicted octanol–water partition coefficient (Wildman–Crippen LogP) is 0.662. The molecule has 108 valence electrons. The molecule has 1 aliphatic rings. The first kappa shape index (κ1) is 17.2. The van der Waals surface area contributed by atoms with Crippen LogP contribution in [-0.2, 0) is 14.6 Å². The standard InChI is InChI=1S/C7H15NO2S.C2HF3O2/c1-6(2)11(9,10)5-7-3-8-4-7;3-2(4,5)1(6)7/h6-8H,3-5H2,1-2H3;(H,6,7). The van der Waals surface area contributed by atoms with Gasteiger partial charge in [0.25, 0.3) is 0 Å². The van der Waals surface area contributed by atoms with Gasteiger partial charge in [-0.2, -0.15) is 13.2 Å². The first-order chi connectivity index (χ1) is 7.97. The predicted molar refractivity (Wildman–Crippen MR) is 59.0 cm³/mol. The number of hydrogen-bond acceptors (Lipinski definition) is 4. The van der Waals surface area contributed by atoms with Crippen LogP contribution < -0.4 is 5.32 Å². The van der Waals surface area contributed by atoms with Gasteiger partial charge in [-0.1, -0.05) is 0 Å². The van der Waals surface area contributed by atoms with Crippen LogP contribution in [0.4, 0.5) is 13.2 Å². The van der Waals surface area contributed by atoms with Crippen LogP contribution in [0.5, 0.6) is 0 Å². The number of nitrogens with one attached hydrogen (secondary N) is 1. The summed E-state index contributed by atoms with van der Waals surface area (Å²) in [4.78, 5) is 8.90. The summed E-state index contributed by atoms with van der Waals surface area (Å²) in [5, 5.41) is 9.96. The molecule has 0 aliphatic carbocycles. The normalized spacial score (nSPS) is 16.8. The maximum absolute atomic E-state index is 11.3. The lowest BCUT2D eigenvalue weighted by Crippen LogP contribution is -2.46. The molecule has 0 saturated carbocycles. The summed E-state index contributed by atoms with van der Waals surface area (Å²) >= 11 is 0. The minimum Gasteiger partial charge on any atom is -0.475 e. The van der Waals surface area contributed by atoms with E-state index in [4.69, 9.17) is 9.90 Å². The number of sulfone groups is 1. The Labute approximate surface area is 103 Å². The van der Waals surface area contributed by atoms with Gasteiger partial charge in [-0.25, -0.2) is 13.2 Å². The van der Waals surface area contributed by atoms with E-state index in [1.165, 1.54) is 0 Å². The number of halogens is 3. The van der Waals surface area contributed by atoms with E-state index < -0.39 is 22.0 Å². The molecule has 18 heavy (non-hydrogen) atoms. The molecule has 1 rings (SSSR count). The maximum Gasteiger partial charge on any atom is 0.490 e. The molecule has 0 amide bonds. The largest absolute Gasteiger partial charge is 0.490 e. The van der Waals surface area contributed by atoms with Crippen molar-refractivity contribution in [3.05, 3.63) is 0 Å². The van der Waals surface area contributed by atoms with Crippen molar-refractivity contribution in [2.24, 2.45) is 5.92 Å². The highest BCUT2D eigenvalue weighted by Gasteiger charge is 2.38. The summed E-state index contributed by atoms with van der Waals surface area (Å²) in [6.45, 7) is 5.21. The van der Waals surface area contributed by atoms with Gasteiger partial charge in [-0.3, -0.25) is 0 Å². The number of alkyl halides is 3. The van der Waals surface area contributed by atoms with E-state index in [9.17, 15) is 21.6 Å². The fraction of sp³-hybridized carbons (Fsp3) is 0.889. The molecule has 0 aromatic heterocycles. The number of rotatable bonds is 3. The number of carboxylic acid groups (broad SMARTS) is 1. The summed E-state index contributed by atoms with van der Waals surface area (Å²) in [5.74, 6) is -2.03. The van der Waals surface area contributed by atoms with Crippen molar-refractivity contribution in [3.63, 3.8) is 0 Å². The topological polar surface area (TPSA) is 83.5 Å². The average molecular weight is 291 g/mol. The Morgan fingerprint density at radius 2 is 1.78 bits per heavy atom. The lowest BCUT2D eigenvalue weighted by molar-refractivity contribution is -0.192. The van der Waals surface area contributed by atoms with E-state index in [1.807, 2.05) is 0 Å². The van der Waals surface area contributed by atoms with Gasteiger partial charge in [0.2, 0.25) is 0 Å². The van der Waals surface area contributed by atoms with Gasteiger partial charge in [-0.05, 0) is 19.8 Å². The van der Waals surface area contributed by atoms with Gasteiger partial charge in [0.05, 0.1) is 11.0 Å². The van der Waals surface area contributed by atoms with Gasteiger partial charge in [0.15, 0.2) is 9.84 Å². The van der Waals surface area contributed by atoms with Gasteiger partial charge in [0.1, 0.15) is 0 Å². The van der Waals surface area contributed by atoms with E-state index in [1.54, 1.807) is 13.8 Å². The molecular formula is C9H16F3NO4S. The van der Waals surface area contributed by atoms with Crippen LogP contribution >= 0.6 is 0 Å². The van der Waals surface area contributed by atoms with Crippen LogP contribution in [0.2, 0.25) is 0 Å². The number of hydrogen-bond donors (Lipinski definition) is 2. The molecule has 9 heteroatoms. The Morgan fingerprint density at radius 3 is 1.94 bits per heavy atom. The molecule has 1 heterocycles. The third-order valence-electron chi connectivity index (χ3n) is 2.29. The molecule has 0 radical (unpaired) electrons. The van der Waals surface area contributed by atoms with Crippen molar-refractivity contribution >= 4 is 15.8 Å². The fourth-order valence-electron chi connectivity index (χ4n) is 0.987.